The minimum atomic E-state index is -7.97. The molecule has 4 nitrogen and oxygen atoms in total. The Morgan fingerprint density at radius 2 is 0.921 bits per heavy atom. The lowest BCUT2D eigenvalue weighted by atomic mass is 9.59. The Hall–Kier alpha value is -1.42. The molecule has 22 heteroatoms. The summed E-state index contributed by atoms with van der Waals surface area (Å²) < 4.78 is 257. The first-order chi connectivity index (χ1) is 16.2. The molecule has 0 spiro atoms. The number of rotatable bonds is 10. The molecule has 0 heterocycles. The number of aliphatic hydroxyl groups is 2. The molecule has 0 aromatic rings. The van der Waals surface area contributed by atoms with E-state index in [2.05, 4.69) is 0 Å². The fraction of sp³-hybridized carbons (Fsp3) is 1.00. The topological polar surface area (TPSA) is 58.9 Å². The Balaban J connectivity index is 4.08. The maximum Gasteiger partial charge on any atom is 0.426 e. The lowest BCUT2D eigenvalue weighted by molar-refractivity contribution is -0.530. The van der Waals surface area contributed by atoms with Gasteiger partial charge < -0.3 is 10.2 Å². The van der Waals surface area contributed by atoms with Crippen molar-refractivity contribution in [3.63, 3.8) is 0 Å². The van der Waals surface area contributed by atoms with Crippen molar-refractivity contribution in [3.05, 3.63) is 0 Å². The number of alkyl halides is 18. The van der Waals surface area contributed by atoms with Crippen LogP contribution in [0.2, 0.25) is 0 Å². The maximum atomic E-state index is 15.4. The van der Waals surface area contributed by atoms with E-state index in [1.165, 1.54) is 0 Å². The van der Waals surface area contributed by atoms with Crippen LogP contribution in [0.5, 0.6) is 0 Å². The molecule has 4 atom stereocenters. The number of hydrogen-bond donors (Lipinski definition) is 2. The number of aliphatic hydroxyl groups excluding tert-OH is 2. The van der Waals surface area contributed by atoms with Crippen LogP contribution in [0.1, 0.15) is 20.3 Å². The predicted molar refractivity (Wildman–Crippen MR) is 82.3 cm³/mol. The molecule has 1 rings (SSSR count). The second-order valence-electron chi connectivity index (χ2n) is 8.41. The van der Waals surface area contributed by atoms with Crippen LogP contribution in [0.15, 0.2) is 0 Å². The number of ether oxygens (including phenoxy) is 2. The van der Waals surface area contributed by atoms with Gasteiger partial charge in [0, 0.05) is 6.42 Å². The van der Waals surface area contributed by atoms with E-state index in [1.54, 1.807) is 4.74 Å². The molecule has 2 N–H and O–H groups in total. The van der Waals surface area contributed by atoms with Gasteiger partial charge in [0.2, 0.25) is 5.67 Å². The smallest absolute Gasteiger partial charge is 0.390 e. The summed E-state index contributed by atoms with van der Waals surface area (Å²) in [7, 11) is 0. The molecule has 38 heavy (non-hydrogen) atoms. The Kier molecular flexibility index (Phi) is 8.00. The monoisotopic (exact) mass is 612 g/mol. The molecule has 0 radical (unpaired) electrons. The van der Waals surface area contributed by atoms with Crippen molar-refractivity contribution < 1.29 is 98.7 Å². The van der Waals surface area contributed by atoms with Gasteiger partial charge in [-0.2, -0.15) is 61.5 Å². The van der Waals surface area contributed by atoms with E-state index in [9.17, 15) is 70.2 Å². The fourth-order valence-corrected chi connectivity index (χ4v) is 3.17. The Morgan fingerprint density at radius 3 is 1.24 bits per heavy atom. The van der Waals surface area contributed by atoms with Crippen LogP contribution in [0, 0.1) is 0 Å². The molecule has 0 amide bonds. The van der Waals surface area contributed by atoms with E-state index in [0.717, 1.165) is 0 Å². The summed E-state index contributed by atoms with van der Waals surface area (Å²) in [4.78, 5) is 0. The summed E-state index contributed by atoms with van der Waals surface area (Å²) in [6.07, 6.45) is -33.6. The highest BCUT2D eigenvalue weighted by Crippen LogP contribution is 2.70. The molecular formula is C16H14F18O4. The van der Waals surface area contributed by atoms with Gasteiger partial charge >= 0.3 is 47.9 Å². The van der Waals surface area contributed by atoms with E-state index >= 15 is 8.78 Å². The second-order valence-corrected chi connectivity index (χ2v) is 8.41. The van der Waals surface area contributed by atoms with Crippen LogP contribution in [-0.4, -0.2) is 88.3 Å². The van der Waals surface area contributed by atoms with E-state index in [0.29, 0.717) is 0 Å². The molecule has 1 saturated carbocycles. The van der Waals surface area contributed by atoms with Crippen LogP contribution in [0.25, 0.3) is 0 Å². The predicted octanol–water partition coefficient (Wildman–Crippen LogP) is 5.56. The SMILES string of the molecule is CC1(F)CC(F)(C(F)(F)OC(F)(F)C(F)(F)CO)C(F)(C(F)(F)OC(F)(F)C(F)(F)CO)C(F)(F)C1(C)F. The van der Waals surface area contributed by atoms with Gasteiger partial charge in [-0.3, -0.25) is 0 Å². The average molecular weight is 612 g/mol. The summed E-state index contributed by atoms with van der Waals surface area (Å²) in [6, 6.07) is 0. The molecule has 228 valence electrons. The van der Waals surface area contributed by atoms with Gasteiger partial charge in [0.15, 0.2) is 5.67 Å². The lowest BCUT2D eigenvalue weighted by Crippen LogP contribution is -2.86. The number of hydrogen-bond acceptors (Lipinski definition) is 4. The van der Waals surface area contributed by atoms with E-state index in [1.807, 2.05) is 4.74 Å². The summed E-state index contributed by atoms with van der Waals surface area (Å²) in [5.41, 5.74) is -26.1. The highest BCUT2D eigenvalue weighted by atomic mass is 19.3. The van der Waals surface area contributed by atoms with Crippen molar-refractivity contribution in [2.45, 2.75) is 85.1 Å². The van der Waals surface area contributed by atoms with Gasteiger partial charge in [-0.15, -0.1) is 0 Å². The van der Waals surface area contributed by atoms with Crippen molar-refractivity contribution in [2.24, 2.45) is 0 Å². The molecule has 1 aliphatic rings. The third-order valence-corrected chi connectivity index (χ3v) is 5.75. The average Bonchev–Trinajstić information content (AvgIpc) is 2.69. The quantitative estimate of drug-likeness (QED) is 0.318. The van der Waals surface area contributed by atoms with Gasteiger partial charge in [0.25, 0.3) is 5.67 Å². The van der Waals surface area contributed by atoms with Crippen LogP contribution in [0.4, 0.5) is 79.0 Å². The summed E-state index contributed by atoms with van der Waals surface area (Å²) in [6.45, 7) is -8.08. The van der Waals surface area contributed by atoms with Crippen LogP contribution < -0.4 is 0 Å². The standard InChI is InChI=1S/C16H14F18O4/c1-6(17)3-8(19,13(27,28)37-14(29,30)9(20,21)4-35)11(24,12(25,26)7(6,2)18)16(33,34)38-15(31,32)10(22,23)5-36/h35-36H,3-5H2,1-2H3. The van der Waals surface area contributed by atoms with Crippen molar-refractivity contribution in [1.29, 1.82) is 0 Å². The van der Waals surface area contributed by atoms with E-state index < -0.39 is 98.4 Å². The molecule has 4 unspecified atom stereocenters. The van der Waals surface area contributed by atoms with Crippen LogP contribution in [-0.2, 0) is 9.47 Å². The van der Waals surface area contributed by atoms with Gasteiger partial charge in [-0.25, -0.2) is 27.0 Å². The van der Waals surface area contributed by atoms with Crippen molar-refractivity contribution >= 4 is 0 Å². The minimum Gasteiger partial charge on any atom is -0.390 e. The van der Waals surface area contributed by atoms with Gasteiger partial charge in [0.05, 0.1) is 0 Å². The molecule has 0 saturated heterocycles. The Labute approximate surface area is 198 Å². The largest absolute Gasteiger partial charge is 0.426 e. The molecular weight excluding hydrogens is 598 g/mol. The second kappa shape index (κ2) is 8.79. The van der Waals surface area contributed by atoms with Crippen LogP contribution in [0.3, 0.4) is 0 Å². The Morgan fingerprint density at radius 1 is 0.605 bits per heavy atom. The third-order valence-electron chi connectivity index (χ3n) is 5.75. The zero-order chi connectivity index (χ0) is 31.0. The molecule has 1 fully saturated rings. The lowest BCUT2D eigenvalue weighted by Gasteiger charge is -2.58. The maximum absolute atomic E-state index is 15.4. The zero-order valence-electron chi connectivity index (χ0n) is 18.1. The van der Waals surface area contributed by atoms with Crippen molar-refractivity contribution in [1.82, 2.24) is 0 Å². The van der Waals surface area contributed by atoms with E-state index in [-0.39, 0.29) is 0 Å². The van der Waals surface area contributed by atoms with Gasteiger partial charge in [0.1, 0.15) is 13.2 Å². The van der Waals surface area contributed by atoms with Gasteiger partial charge in [-0.1, -0.05) is 0 Å². The number of halogens is 18. The Bertz CT molecular complexity index is 890. The molecule has 0 bridgehead atoms. The van der Waals surface area contributed by atoms with E-state index in [4.69, 9.17) is 10.2 Å². The third kappa shape index (κ3) is 4.36. The zero-order valence-corrected chi connectivity index (χ0v) is 18.1. The van der Waals surface area contributed by atoms with Crippen LogP contribution >= 0.6 is 0 Å². The summed E-state index contributed by atoms with van der Waals surface area (Å²) >= 11 is 0. The molecule has 0 aromatic heterocycles. The first kappa shape index (κ1) is 34.6. The highest BCUT2D eigenvalue weighted by molar-refractivity contribution is 5.30. The first-order valence-corrected chi connectivity index (χ1v) is 9.26. The van der Waals surface area contributed by atoms with Crippen molar-refractivity contribution in [2.75, 3.05) is 13.2 Å². The fourth-order valence-electron chi connectivity index (χ4n) is 3.17. The molecule has 0 aromatic carbocycles. The first-order valence-electron chi connectivity index (χ1n) is 9.26. The minimum absolute atomic E-state index is 0.696. The van der Waals surface area contributed by atoms with Gasteiger partial charge in [-0.05, 0) is 13.8 Å². The normalized spacial score (nSPS) is 33.9. The summed E-state index contributed by atoms with van der Waals surface area (Å²) in [5, 5.41) is 16.2. The molecule has 1 aliphatic carbocycles. The summed E-state index contributed by atoms with van der Waals surface area (Å²) in [5.74, 6) is -20.1. The molecule has 0 aliphatic heterocycles. The van der Waals surface area contributed by atoms with Crippen molar-refractivity contribution in [3.8, 4) is 0 Å². The highest BCUT2D eigenvalue weighted by Gasteiger charge is 2.97.